The van der Waals surface area contributed by atoms with Gasteiger partial charge in [-0.3, -0.25) is 13.9 Å². The van der Waals surface area contributed by atoms with Crippen LogP contribution in [0.1, 0.15) is 15.9 Å². The summed E-state index contributed by atoms with van der Waals surface area (Å²) in [5.74, 6) is -1.06. The van der Waals surface area contributed by atoms with E-state index in [1.807, 2.05) is 0 Å². The standard InChI is InChI=1S/C23H20FN3O4S/c1-14-6-4-5-7-17(14)22(28)25-18-12-19-20(27(3)23(29)26(19)2)13-21(18)32(30,31)16-10-8-15(24)9-11-16/h4-13H,1-3H3,(H,25,28). The summed E-state index contributed by atoms with van der Waals surface area (Å²) in [6.45, 7) is 1.77. The molecule has 4 rings (SSSR count). The first kappa shape index (κ1) is 21.5. The SMILES string of the molecule is Cc1ccccc1C(=O)Nc1cc2c(cc1S(=O)(=O)c1ccc(F)cc1)n(C)c(=O)n2C. The van der Waals surface area contributed by atoms with Gasteiger partial charge in [-0.25, -0.2) is 17.6 Å². The van der Waals surface area contributed by atoms with Crippen LogP contribution in [-0.4, -0.2) is 23.5 Å². The van der Waals surface area contributed by atoms with E-state index in [1.165, 1.54) is 28.3 Å². The minimum absolute atomic E-state index is 0.0243. The van der Waals surface area contributed by atoms with Gasteiger partial charge in [-0.1, -0.05) is 18.2 Å². The Balaban J connectivity index is 1.95. The third-order valence-corrected chi connectivity index (χ3v) is 7.23. The lowest BCUT2D eigenvalue weighted by Crippen LogP contribution is -2.19. The Hall–Kier alpha value is -3.72. The molecule has 0 saturated heterocycles. The zero-order valence-electron chi connectivity index (χ0n) is 17.6. The number of benzene rings is 3. The second kappa shape index (κ2) is 7.76. The highest BCUT2D eigenvalue weighted by Crippen LogP contribution is 2.32. The van der Waals surface area contributed by atoms with Gasteiger partial charge in [0.25, 0.3) is 5.91 Å². The largest absolute Gasteiger partial charge is 0.328 e. The van der Waals surface area contributed by atoms with Crippen LogP contribution in [-0.2, 0) is 23.9 Å². The number of sulfone groups is 1. The summed E-state index contributed by atoms with van der Waals surface area (Å²) >= 11 is 0. The normalized spacial score (nSPS) is 11.6. The van der Waals surface area contributed by atoms with Gasteiger partial charge in [-0.2, -0.15) is 0 Å². The van der Waals surface area contributed by atoms with Gasteiger partial charge in [0.05, 0.1) is 26.5 Å². The zero-order chi connectivity index (χ0) is 23.2. The molecule has 7 nitrogen and oxygen atoms in total. The summed E-state index contributed by atoms with van der Waals surface area (Å²) in [7, 11) is -1.05. The smallest absolute Gasteiger partial charge is 0.321 e. The summed E-state index contributed by atoms with van der Waals surface area (Å²) in [6, 6.07) is 14.1. The molecule has 0 aliphatic carbocycles. The van der Waals surface area contributed by atoms with E-state index in [9.17, 15) is 22.4 Å². The third kappa shape index (κ3) is 3.50. The van der Waals surface area contributed by atoms with E-state index < -0.39 is 21.6 Å². The van der Waals surface area contributed by atoms with Gasteiger partial charge in [0.2, 0.25) is 9.84 Å². The van der Waals surface area contributed by atoms with E-state index in [0.29, 0.717) is 16.6 Å². The van der Waals surface area contributed by atoms with Crippen molar-refractivity contribution in [2.24, 2.45) is 14.1 Å². The Labute approximate surface area is 183 Å². The Morgan fingerprint density at radius 2 is 1.53 bits per heavy atom. The van der Waals surface area contributed by atoms with Gasteiger partial charge in [0.15, 0.2) is 0 Å². The molecule has 3 aromatic carbocycles. The van der Waals surface area contributed by atoms with E-state index in [2.05, 4.69) is 5.32 Å². The predicted molar refractivity (Wildman–Crippen MR) is 119 cm³/mol. The van der Waals surface area contributed by atoms with Crippen molar-refractivity contribution in [1.82, 2.24) is 9.13 Å². The van der Waals surface area contributed by atoms with Gasteiger partial charge >= 0.3 is 5.69 Å². The number of aryl methyl sites for hydroxylation is 3. The molecule has 0 spiro atoms. The van der Waals surface area contributed by atoms with Crippen molar-refractivity contribution >= 4 is 32.5 Å². The highest BCUT2D eigenvalue weighted by atomic mass is 32.2. The number of hydrogen-bond acceptors (Lipinski definition) is 4. The van der Waals surface area contributed by atoms with Crippen molar-refractivity contribution in [2.45, 2.75) is 16.7 Å². The molecule has 0 bridgehead atoms. The minimum Gasteiger partial charge on any atom is -0.321 e. The molecule has 0 aliphatic heterocycles. The number of aromatic nitrogens is 2. The first-order valence-electron chi connectivity index (χ1n) is 9.68. The van der Waals surface area contributed by atoms with E-state index in [1.54, 1.807) is 38.2 Å². The predicted octanol–water partition coefficient (Wildman–Crippen LogP) is 3.41. The average molecular weight is 453 g/mol. The molecule has 4 aromatic rings. The molecule has 0 aliphatic rings. The molecule has 1 heterocycles. The summed E-state index contributed by atoms with van der Waals surface area (Å²) in [5, 5.41) is 2.69. The number of nitrogens with zero attached hydrogens (tertiary/aromatic N) is 2. The van der Waals surface area contributed by atoms with Crippen LogP contribution in [0.25, 0.3) is 11.0 Å². The Kier molecular flexibility index (Phi) is 5.21. The molecule has 0 unspecified atom stereocenters. The van der Waals surface area contributed by atoms with Crippen LogP contribution in [0.3, 0.4) is 0 Å². The number of hydrogen-bond donors (Lipinski definition) is 1. The van der Waals surface area contributed by atoms with Crippen LogP contribution in [0.2, 0.25) is 0 Å². The highest BCUT2D eigenvalue weighted by Gasteiger charge is 2.25. The van der Waals surface area contributed by atoms with Crippen LogP contribution in [0, 0.1) is 12.7 Å². The van der Waals surface area contributed by atoms with Crippen molar-refractivity contribution in [1.29, 1.82) is 0 Å². The number of carbonyl (C=O) groups excluding carboxylic acids is 1. The van der Waals surface area contributed by atoms with E-state index in [-0.39, 0.29) is 21.2 Å². The molecule has 1 amide bonds. The van der Waals surface area contributed by atoms with Crippen LogP contribution < -0.4 is 11.0 Å². The van der Waals surface area contributed by atoms with Crippen molar-refractivity contribution in [3.63, 3.8) is 0 Å². The molecular weight excluding hydrogens is 433 g/mol. The molecular formula is C23H20FN3O4S. The number of fused-ring (bicyclic) bond motifs is 1. The van der Waals surface area contributed by atoms with Crippen LogP contribution in [0.5, 0.6) is 0 Å². The molecule has 0 radical (unpaired) electrons. The summed E-state index contributed by atoms with van der Waals surface area (Å²) in [6.07, 6.45) is 0. The maximum Gasteiger partial charge on any atom is 0.328 e. The zero-order valence-corrected chi connectivity index (χ0v) is 18.4. The summed E-state index contributed by atoms with van der Waals surface area (Å²) < 4.78 is 42.9. The highest BCUT2D eigenvalue weighted by molar-refractivity contribution is 7.91. The Morgan fingerprint density at radius 1 is 0.938 bits per heavy atom. The van der Waals surface area contributed by atoms with E-state index in [0.717, 1.165) is 29.8 Å². The maximum atomic E-state index is 13.4. The van der Waals surface area contributed by atoms with Gasteiger partial charge in [-0.05, 0) is 55.0 Å². The van der Waals surface area contributed by atoms with Crippen molar-refractivity contribution in [3.05, 3.63) is 88.1 Å². The Bertz CT molecular complexity index is 1530. The first-order valence-corrected chi connectivity index (χ1v) is 11.2. The van der Waals surface area contributed by atoms with Gasteiger partial charge in [0.1, 0.15) is 5.82 Å². The lowest BCUT2D eigenvalue weighted by atomic mass is 10.1. The molecule has 164 valence electrons. The Morgan fingerprint density at radius 3 is 2.16 bits per heavy atom. The summed E-state index contributed by atoms with van der Waals surface area (Å²) in [4.78, 5) is 25.0. The quantitative estimate of drug-likeness (QED) is 0.480. The average Bonchev–Trinajstić information content (AvgIpc) is 2.97. The number of rotatable bonds is 4. The molecule has 32 heavy (non-hydrogen) atoms. The van der Waals surface area contributed by atoms with Crippen LogP contribution in [0.4, 0.5) is 10.1 Å². The van der Waals surface area contributed by atoms with Crippen molar-refractivity contribution < 1.29 is 17.6 Å². The molecule has 0 saturated carbocycles. The monoisotopic (exact) mass is 453 g/mol. The fourth-order valence-corrected chi connectivity index (χ4v) is 5.02. The lowest BCUT2D eigenvalue weighted by Gasteiger charge is -2.14. The van der Waals surface area contributed by atoms with Crippen LogP contribution >= 0.6 is 0 Å². The van der Waals surface area contributed by atoms with Crippen molar-refractivity contribution in [2.75, 3.05) is 5.32 Å². The molecule has 9 heteroatoms. The van der Waals surface area contributed by atoms with Gasteiger partial charge in [0, 0.05) is 19.7 Å². The first-order chi connectivity index (χ1) is 15.1. The van der Waals surface area contributed by atoms with E-state index >= 15 is 0 Å². The number of amides is 1. The number of imidazole rings is 1. The fraction of sp³-hybridized carbons (Fsp3) is 0.130. The van der Waals surface area contributed by atoms with Gasteiger partial charge in [-0.15, -0.1) is 0 Å². The number of carbonyl (C=O) groups is 1. The summed E-state index contributed by atoms with van der Waals surface area (Å²) in [5.41, 5.74) is 1.63. The second-order valence-electron chi connectivity index (χ2n) is 7.46. The molecule has 1 N–H and O–H groups in total. The molecule has 0 atom stereocenters. The topological polar surface area (TPSA) is 90.2 Å². The van der Waals surface area contributed by atoms with Gasteiger partial charge < -0.3 is 5.32 Å². The molecule has 1 aromatic heterocycles. The lowest BCUT2D eigenvalue weighted by molar-refractivity contribution is 0.102. The second-order valence-corrected chi connectivity index (χ2v) is 9.38. The minimum atomic E-state index is -4.14. The molecule has 0 fully saturated rings. The number of nitrogens with one attached hydrogen (secondary N) is 1. The number of anilines is 1. The van der Waals surface area contributed by atoms with Crippen LogP contribution in [0.15, 0.2) is 75.2 Å². The van der Waals surface area contributed by atoms with Crippen molar-refractivity contribution in [3.8, 4) is 0 Å². The van der Waals surface area contributed by atoms with E-state index in [4.69, 9.17) is 0 Å². The fourth-order valence-electron chi connectivity index (χ4n) is 3.60. The third-order valence-electron chi connectivity index (χ3n) is 5.42. The number of halogens is 1. The maximum absolute atomic E-state index is 13.4.